The fraction of sp³-hybridized carbons (Fsp3) is 0.231. The normalized spacial score (nSPS) is 10.8. The molecule has 1 heterocycles. The summed E-state index contributed by atoms with van der Waals surface area (Å²) in [6.45, 7) is 3.71. The number of halogens is 3. The summed E-state index contributed by atoms with van der Waals surface area (Å²) in [6, 6.07) is 2.76. The number of nitrogens with zero attached hydrogens (tertiary/aromatic N) is 2. The molecule has 0 aliphatic heterocycles. The summed E-state index contributed by atoms with van der Waals surface area (Å²) in [5, 5.41) is 2.70. The second-order valence-corrected chi connectivity index (χ2v) is 5.30. The Morgan fingerprint density at radius 2 is 1.86 bits per heavy atom. The Bertz CT molecular complexity index is 644. The molecule has 8 heteroatoms. The van der Waals surface area contributed by atoms with Crippen molar-refractivity contribution in [2.75, 3.05) is 11.1 Å². The molecule has 5 nitrogen and oxygen atoms in total. The first-order valence-corrected chi connectivity index (χ1v) is 6.82. The zero-order valence-corrected chi connectivity index (χ0v) is 12.8. The number of nitrogens with two attached hydrogens (primary N) is 1. The number of rotatable bonds is 4. The molecule has 21 heavy (non-hydrogen) atoms. The number of hydrogen-bond donors (Lipinski definition) is 2. The lowest BCUT2D eigenvalue weighted by Gasteiger charge is -2.14. The predicted octanol–water partition coefficient (Wildman–Crippen LogP) is 4.04. The highest BCUT2D eigenvalue weighted by Gasteiger charge is 2.13. The van der Waals surface area contributed by atoms with E-state index in [-0.39, 0.29) is 27.7 Å². The molecule has 0 saturated carbocycles. The molecule has 2 aromatic rings. The maximum Gasteiger partial charge on any atom is 0.242 e. The number of nitrogen functional groups attached to an aromatic ring is 1. The number of benzene rings is 1. The molecule has 0 atom stereocenters. The Morgan fingerprint density at radius 3 is 2.43 bits per heavy atom. The maximum absolute atomic E-state index is 13.4. The number of aromatic nitrogens is 2. The molecule has 0 saturated heterocycles. The lowest BCUT2D eigenvalue weighted by atomic mass is 10.3. The summed E-state index contributed by atoms with van der Waals surface area (Å²) in [7, 11) is 0. The monoisotopic (exact) mass is 330 g/mol. The second kappa shape index (κ2) is 6.32. The predicted molar refractivity (Wildman–Crippen MR) is 81.9 cm³/mol. The van der Waals surface area contributed by atoms with Crippen LogP contribution in [0.3, 0.4) is 0 Å². The summed E-state index contributed by atoms with van der Waals surface area (Å²) in [5.41, 5.74) is 6.62. The van der Waals surface area contributed by atoms with E-state index in [0.29, 0.717) is 11.5 Å². The van der Waals surface area contributed by atoms with Crippen LogP contribution in [-0.4, -0.2) is 16.1 Å². The van der Waals surface area contributed by atoms with Crippen LogP contribution in [0.5, 0.6) is 5.88 Å². The Labute approximate surface area is 131 Å². The number of hydrogen-bond acceptors (Lipinski definition) is 5. The first-order chi connectivity index (χ1) is 9.88. The quantitative estimate of drug-likeness (QED) is 0.828. The van der Waals surface area contributed by atoms with Gasteiger partial charge in [0.1, 0.15) is 12.0 Å². The minimum Gasteiger partial charge on any atom is -0.473 e. The summed E-state index contributed by atoms with van der Waals surface area (Å²) < 4.78 is 18.8. The van der Waals surface area contributed by atoms with Gasteiger partial charge in [0, 0.05) is 5.69 Å². The van der Waals surface area contributed by atoms with Gasteiger partial charge in [-0.05, 0) is 26.0 Å². The molecule has 0 unspecified atom stereocenters. The second-order valence-electron chi connectivity index (χ2n) is 4.49. The fourth-order valence-corrected chi connectivity index (χ4v) is 2.05. The molecule has 1 aromatic carbocycles. The molecule has 112 valence electrons. The zero-order chi connectivity index (χ0) is 15.6. The molecule has 0 amide bonds. The van der Waals surface area contributed by atoms with Crippen molar-refractivity contribution in [2.45, 2.75) is 20.0 Å². The molecule has 0 spiro atoms. The van der Waals surface area contributed by atoms with Gasteiger partial charge in [-0.25, -0.2) is 9.37 Å². The number of nitrogens with one attached hydrogen (secondary N) is 1. The van der Waals surface area contributed by atoms with E-state index in [1.807, 2.05) is 13.8 Å². The summed E-state index contributed by atoms with van der Waals surface area (Å²) in [5.74, 6) is -0.0930. The van der Waals surface area contributed by atoms with E-state index >= 15 is 0 Å². The smallest absolute Gasteiger partial charge is 0.242 e. The highest BCUT2D eigenvalue weighted by molar-refractivity contribution is 6.35. The molecule has 1 aromatic heterocycles. The van der Waals surface area contributed by atoms with E-state index in [1.165, 1.54) is 18.5 Å². The van der Waals surface area contributed by atoms with Gasteiger partial charge in [-0.1, -0.05) is 23.2 Å². The topological polar surface area (TPSA) is 73.1 Å². The van der Waals surface area contributed by atoms with Crippen molar-refractivity contribution in [2.24, 2.45) is 0 Å². The Morgan fingerprint density at radius 1 is 1.24 bits per heavy atom. The summed E-state index contributed by atoms with van der Waals surface area (Å²) >= 11 is 11.5. The van der Waals surface area contributed by atoms with Gasteiger partial charge >= 0.3 is 0 Å². The van der Waals surface area contributed by atoms with Crippen LogP contribution in [0.4, 0.5) is 21.6 Å². The molecule has 0 aliphatic carbocycles. The molecular weight excluding hydrogens is 318 g/mol. The maximum atomic E-state index is 13.4. The van der Waals surface area contributed by atoms with Crippen molar-refractivity contribution in [3.05, 3.63) is 34.3 Å². The van der Waals surface area contributed by atoms with Gasteiger partial charge < -0.3 is 15.8 Å². The van der Waals surface area contributed by atoms with E-state index in [9.17, 15) is 4.39 Å². The van der Waals surface area contributed by atoms with Gasteiger partial charge in [0.05, 0.1) is 16.1 Å². The van der Waals surface area contributed by atoms with Gasteiger partial charge in [-0.2, -0.15) is 4.98 Å². The number of anilines is 3. The lowest BCUT2D eigenvalue weighted by molar-refractivity contribution is 0.234. The van der Waals surface area contributed by atoms with Crippen LogP contribution in [0, 0.1) is 5.82 Å². The number of ether oxygens (including phenoxy) is 1. The van der Waals surface area contributed by atoms with E-state index in [1.54, 1.807) is 0 Å². The first-order valence-electron chi connectivity index (χ1n) is 6.07. The lowest BCUT2D eigenvalue weighted by Crippen LogP contribution is -2.10. The van der Waals surface area contributed by atoms with Crippen LogP contribution in [0.25, 0.3) is 0 Å². The van der Waals surface area contributed by atoms with Gasteiger partial charge in [0.2, 0.25) is 5.88 Å². The average Bonchev–Trinajstić information content (AvgIpc) is 2.40. The third-order valence-corrected chi connectivity index (χ3v) is 2.99. The van der Waals surface area contributed by atoms with E-state index in [2.05, 4.69) is 15.3 Å². The van der Waals surface area contributed by atoms with Crippen LogP contribution in [0.1, 0.15) is 13.8 Å². The third-order valence-electron chi connectivity index (χ3n) is 2.44. The van der Waals surface area contributed by atoms with Crippen molar-refractivity contribution in [1.29, 1.82) is 0 Å². The minimum absolute atomic E-state index is 0.0789. The van der Waals surface area contributed by atoms with Crippen molar-refractivity contribution < 1.29 is 9.13 Å². The van der Waals surface area contributed by atoms with E-state index in [0.717, 1.165) is 0 Å². The minimum atomic E-state index is -0.677. The molecule has 2 rings (SSSR count). The SMILES string of the molecule is CC(C)Oc1ncnc(Nc2cc(Cl)c(F)c(Cl)c2)c1N. The van der Waals surface area contributed by atoms with Crippen LogP contribution in [0.2, 0.25) is 10.0 Å². The van der Waals surface area contributed by atoms with Crippen LogP contribution in [0.15, 0.2) is 18.5 Å². The zero-order valence-electron chi connectivity index (χ0n) is 11.3. The van der Waals surface area contributed by atoms with Gasteiger partial charge in [0.25, 0.3) is 0 Å². The highest BCUT2D eigenvalue weighted by Crippen LogP contribution is 2.32. The molecule has 0 radical (unpaired) electrons. The average molecular weight is 331 g/mol. The largest absolute Gasteiger partial charge is 0.473 e. The van der Waals surface area contributed by atoms with E-state index < -0.39 is 5.82 Å². The summed E-state index contributed by atoms with van der Waals surface area (Å²) in [6.07, 6.45) is 1.23. The fourth-order valence-electron chi connectivity index (χ4n) is 1.56. The van der Waals surface area contributed by atoms with Crippen molar-refractivity contribution >= 4 is 40.4 Å². The Hall–Kier alpha value is -1.79. The molecule has 0 aliphatic rings. The first kappa shape index (κ1) is 15.6. The molecule has 0 fully saturated rings. The van der Waals surface area contributed by atoms with Crippen molar-refractivity contribution in [3.8, 4) is 5.88 Å². The molecule has 0 bridgehead atoms. The van der Waals surface area contributed by atoms with Crippen LogP contribution < -0.4 is 15.8 Å². The molecular formula is C13H13Cl2FN4O. The van der Waals surface area contributed by atoms with Crippen LogP contribution in [-0.2, 0) is 0 Å². The van der Waals surface area contributed by atoms with E-state index in [4.69, 9.17) is 33.7 Å². The highest BCUT2D eigenvalue weighted by atomic mass is 35.5. The van der Waals surface area contributed by atoms with Gasteiger partial charge in [-0.3, -0.25) is 0 Å². The van der Waals surface area contributed by atoms with Gasteiger partial charge in [0.15, 0.2) is 11.6 Å². The van der Waals surface area contributed by atoms with Crippen LogP contribution >= 0.6 is 23.2 Å². The van der Waals surface area contributed by atoms with Crippen molar-refractivity contribution in [3.63, 3.8) is 0 Å². The summed E-state index contributed by atoms with van der Waals surface area (Å²) in [4.78, 5) is 7.98. The Kier molecular flexibility index (Phi) is 4.69. The molecule has 3 N–H and O–H groups in total. The standard InChI is InChI=1S/C13H13Cl2FN4O/c1-6(2)21-13-11(17)12(18-5-19-13)20-7-3-8(14)10(16)9(15)4-7/h3-6H,17H2,1-2H3,(H,18,19,20). The Balaban J connectivity index is 2.32. The van der Waals surface area contributed by atoms with Gasteiger partial charge in [-0.15, -0.1) is 0 Å². The third kappa shape index (κ3) is 3.65. The van der Waals surface area contributed by atoms with Crippen molar-refractivity contribution in [1.82, 2.24) is 9.97 Å².